The molecule has 0 bridgehead atoms. The highest BCUT2D eigenvalue weighted by Gasteiger charge is 2.21. The highest BCUT2D eigenvalue weighted by molar-refractivity contribution is 5.95. The molecule has 1 amide bonds. The Kier molecular flexibility index (Phi) is 6.02. The van der Waals surface area contributed by atoms with Crippen LogP contribution in [0.3, 0.4) is 0 Å². The molecule has 0 fully saturated rings. The smallest absolute Gasteiger partial charge is 0.257 e. The van der Waals surface area contributed by atoms with Gasteiger partial charge in [-0.2, -0.15) is 0 Å². The number of ether oxygens (including phenoxy) is 2. The first-order valence-corrected chi connectivity index (χ1v) is 10.4. The van der Waals surface area contributed by atoms with Crippen molar-refractivity contribution in [2.45, 2.75) is 39.8 Å². The van der Waals surface area contributed by atoms with E-state index in [1.165, 1.54) is 6.07 Å². The number of rotatable bonds is 7. The van der Waals surface area contributed by atoms with Gasteiger partial charge < -0.3 is 19.4 Å². The first-order chi connectivity index (χ1) is 15.1. The number of carbonyl (C=O) groups excluding carboxylic acids is 1. The van der Waals surface area contributed by atoms with Gasteiger partial charge in [0.1, 0.15) is 5.56 Å². The summed E-state index contributed by atoms with van der Waals surface area (Å²) in [6.07, 6.45) is 4.79. The van der Waals surface area contributed by atoms with Gasteiger partial charge in [-0.25, -0.2) is 0 Å². The highest BCUT2D eigenvalue weighted by atomic mass is 16.7. The summed E-state index contributed by atoms with van der Waals surface area (Å²) in [6, 6.07) is 11.0. The summed E-state index contributed by atoms with van der Waals surface area (Å²) in [5.74, 6) is 1.08. The zero-order valence-electron chi connectivity index (χ0n) is 17.7. The second-order valence-electron chi connectivity index (χ2n) is 7.53. The van der Waals surface area contributed by atoms with Crippen LogP contribution in [0.5, 0.6) is 11.5 Å². The normalized spacial score (nSPS) is 12.1. The Morgan fingerprint density at radius 3 is 2.65 bits per heavy atom. The fourth-order valence-electron chi connectivity index (χ4n) is 3.78. The van der Waals surface area contributed by atoms with E-state index in [-0.39, 0.29) is 23.7 Å². The fourth-order valence-corrected chi connectivity index (χ4v) is 3.78. The fraction of sp³-hybridized carbons (Fsp3) is 0.292. The van der Waals surface area contributed by atoms with Crippen molar-refractivity contribution in [3.63, 3.8) is 0 Å². The van der Waals surface area contributed by atoms with Crippen LogP contribution in [-0.2, 0) is 19.5 Å². The van der Waals surface area contributed by atoms with Gasteiger partial charge >= 0.3 is 0 Å². The molecule has 0 unspecified atom stereocenters. The topological polar surface area (TPSA) is 82.5 Å². The number of pyridine rings is 2. The molecule has 3 heterocycles. The Labute approximate surface area is 180 Å². The van der Waals surface area contributed by atoms with Gasteiger partial charge in [0, 0.05) is 42.9 Å². The van der Waals surface area contributed by atoms with Crippen LogP contribution in [0, 0.1) is 6.92 Å². The number of aromatic nitrogens is 2. The van der Waals surface area contributed by atoms with E-state index in [4.69, 9.17) is 9.47 Å². The molecule has 7 nitrogen and oxygen atoms in total. The number of nitrogens with zero attached hydrogens (tertiary/aromatic N) is 2. The summed E-state index contributed by atoms with van der Waals surface area (Å²) in [5.41, 5.74) is 3.45. The van der Waals surface area contributed by atoms with Gasteiger partial charge in [-0.15, -0.1) is 0 Å². The maximum absolute atomic E-state index is 13.0. The molecule has 1 aliphatic heterocycles. The Hall–Kier alpha value is -3.61. The molecule has 0 spiro atoms. The minimum atomic E-state index is -0.357. The van der Waals surface area contributed by atoms with Gasteiger partial charge in [0.15, 0.2) is 16.9 Å². The van der Waals surface area contributed by atoms with E-state index in [2.05, 4.69) is 10.3 Å². The Morgan fingerprint density at radius 1 is 1.10 bits per heavy atom. The van der Waals surface area contributed by atoms with Crippen LogP contribution >= 0.6 is 0 Å². The van der Waals surface area contributed by atoms with Gasteiger partial charge in [0.25, 0.3) is 5.91 Å². The third-order valence-electron chi connectivity index (χ3n) is 5.32. The number of hydrogen-bond donors (Lipinski definition) is 1. The summed E-state index contributed by atoms with van der Waals surface area (Å²) in [5, 5.41) is 2.88. The van der Waals surface area contributed by atoms with Crippen LogP contribution in [0.2, 0.25) is 0 Å². The van der Waals surface area contributed by atoms with Crippen LogP contribution in [0.4, 0.5) is 0 Å². The Morgan fingerprint density at radius 2 is 1.87 bits per heavy atom. The number of amides is 1. The van der Waals surface area contributed by atoms with Gasteiger partial charge in [0.05, 0.1) is 0 Å². The Bertz CT molecular complexity index is 1160. The van der Waals surface area contributed by atoms with Crippen molar-refractivity contribution in [1.82, 2.24) is 14.9 Å². The minimum absolute atomic E-state index is 0.210. The molecule has 160 valence electrons. The van der Waals surface area contributed by atoms with Gasteiger partial charge in [-0.05, 0) is 48.7 Å². The maximum Gasteiger partial charge on any atom is 0.257 e. The molecule has 3 aromatic rings. The number of benzene rings is 1. The molecule has 1 aliphatic rings. The van der Waals surface area contributed by atoms with E-state index in [0.717, 1.165) is 34.7 Å². The summed E-state index contributed by atoms with van der Waals surface area (Å²) in [4.78, 5) is 29.8. The van der Waals surface area contributed by atoms with E-state index in [9.17, 15) is 9.59 Å². The molecular weight excluding hydrogens is 394 g/mol. The quantitative estimate of drug-likeness (QED) is 0.636. The van der Waals surface area contributed by atoms with Crippen molar-refractivity contribution in [2.24, 2.45) is 0 Å². The van der Waals surface area contributed by atoms with Crippen molar-refractivity contribution >= 4 is 5.91 Å². The zero-order chi connectivity index (χ0) is 21.8. The molecule has 0 aliphatic carbocycles. The number of fused-ring (bicyclic) bond motifs is 1. The van der Waals surface area contributed by atoms with E-state index < -0.39 is 0 Å². The molecule has 1 N–H and O–H groups in total. The van der Waals surface area contributed by atoms with Crippen molar-refractivity contribution in [3.8, 4) is 11.5 Å². The Balaban J connectivity index is 1.67. The SMILES string of the molecule is CCCc1c(C(=O)NCc2ccncc2)c(=O)cc(C)n1Cc1ccc2c(c1)OCO2. The van der Waals surface area contributed by atoms with E-state index in [1.807, 2.05) is 48.7 Å². The molecule has 31 heavy (non-hydrogen) atoms. The van der Waals surface area contributed by atoms with E-state index in [1.54, 1.807) is 12.4 Å². The minimum Gasteiger partial charge on any atom is -0.454 e. The lowest BCUT2D eigenvalue weighted by Crippen LogP contribution is -2.32. The van der Waals surface area contributed by atoms with E-state index in [0.29, 0.717) is 25.3 Å². The lowest BCUT2D eigenvalue weighted by Gasteiger charge is -2.20. The third kappa shape index (κ3) is 4.45. The third-order valence-corrected chi connectivity index (χ3v) is 5.32. The van der Waals surface area contributed by atoms with Crippen LogP contribution < -0.4 is 20.2 Å². The second kappa shape index (κ2) is 9.04. The molecule has 2 aromatic heterocycles. The number of carbonyl (C=O) groups is 1. The van der Waals surface area contributed by atoms with Crippen molar-refractivity contribution in [1.29, 1.82) is 0 Å². The number of nitrogens with one attached hydrogen (secondary N) is 1. The van der Waals surface area contributed by atoms with Crippen LogP contribution in [-0.4, -0.2) is 22.3 Å². The number of aryl methyl sites for hydroxylation is 1. The first-order valence-electron chi connectivity index (χ1n) is 10.4. The largest absolute Gasteiger partial charge is 0.454 e. The van der Waals surface area contributed by atoms with Crippen LogP contribution in [0.15, 0.2) is 53.6 Å². The standard InChI is InChI=1S/C24H25N3O4/c1-3-4-19-23(24(29)26-13-17-7-9-25-10-8-17)20(28)11-16(2)27(19)14-18-5-6-21-22(12-18)31-15-30-21/h5-12H,3-4,13-15H2,1-2H3,(H,26,29). The molecule has 0 saturated carbocycles. The van der Waals surface area contributed by atoms with Crippen molar-refractivity contribution in [3.05, 3.63) is 87.1 Å². The highest BCUT2D eigenvalue weighted by Crippen LogP contribution is 2.33. The summed E-state index contributed by atoms with van der Waals surface area (Å²) in [6.45, 7) is 5.02. The molecule has 1 aromatic carbocycles. The monoisotopic (exact) mass is 419 g/mol. The lowest BCUT2D eigenvalue weighted by molar-refractivity contribution is 0.0947. The zero-order valence-corrected chi connectivity index (χ0v) is 17.7. The van der Waals surface area contributed by atoms with Crippen LogP contribution in [0.25, 0.3) is 0 Å². The average molecular weight is 419 g/mol. The van der Waals surface area contributed by atoms with Crippen molar-refractivity contribution < 1.29 is 14.3 Å². The maximum atomic E-state index is 13.0. The summed E-state index contributed by atoms with van der Waals surface area (Å²) in [7, 11) is 0. The molecule has 0 atom stereocenters. The van der Waals surface area contributed by atoms with Gasteiger partial charge in [-0.1, -0.05) is 19.4 Å². The number of hydrogen-bond acceptors (Lipinski definition) is 5. The average Bonchev–Trinajstić information content (AvgIpc) is 3.23. The van der Waals surface area contributed by atoms with Gasteiger partial charge in [-0.3, -0.25) is 14.6 Å². The second-order valence-corrected chi connectivity index (χ2v) is 7.53. The first kappa shape index (κ1) is 20.7. The lowest BCUT2D eigenvalue weighted by atomic mass is 10.0. The molecule has 0 saturated heterocycles. The van der Waals surface area contributed by atoms with Crippen molar-refractivity contribution in [2.75, 3.05) is 6.79 Å². The van der Waals surface area contributed by atoms with Crippen LogP contribution in [0.1, 0.15) is 46.2 Å². The predicted molar refractivity (Wildman–Crippen MR) is 117 cm³/mol. The predicted octanol–water partition coefficient (Wildman–Crippen LogP) is 3.21. The molecule has 0 radical (unpaired) electrons. The molecule has 4 rings (SSSR count). The summed E-state index contributed by atoms with van der Waals surface area (Å²) < 4.78 is 12.9. The van der Waals surface area contributed by atoms with E-state index >= 15 is 0 Å². The summed E-state index contributed by atoms with van der Waals surface area (Å²) >= 11 is 0. The molecule has 7 heteroatoms. The molecular formula is C24H25N3O4. The van der Waals surface area contributed by atoms with Gasteiger partial charge in [0.2, 0.25) is 6.79 Å².